The second-order valence-electron chi connectivity index (χ2n) is 5.22. The summed E-state index contributed by atoms with van der Waals surface area (Å²) in [4.78, 5) is 34.7. The van der Waals surface area contributed by atoms with E-state index in [1.165, 1.54) is 12.1 Å². The van der Waals surface area contributed by atoms with Gasteiger partial charge in [-0.2, -0.15) is 0 Å². The molecule has 2 atom stereocenters. The van der Waals surface area contributed by atoms with Gasteiger partial charge in [0.15, 0.2) is 6.61 Å². The van der Waals surface area contributed by atoms with Crippen LogP contribution < -0.4 is 15.4 Å². The van der Waals surface area contributed by atoms with Crippen LogP contribution in [0, 0.1) is 5.92 Å². The highest BCUT2D eigenvalue weighted by atomic mass is 16.5. The first kappa shape index (κ1) is 15.8. The van der Waals surface area contributed by atoms with Crippen molar-refractivity contribution in [2.75, 3.05) is 11.9 Å². The Morgan fingerprint density at radius 1 is 1.45 bits per heavy atom. The van der Waals surface area contributed by atoms with Gasteiger partial charge in [-0.15, -0.1) is 0 Å². The minimum Gasteiger partial charge on any atom is -0.482 e. The van der Waals surface area contributed by atoms with Gasteiger partial charge >= 0.3 is 5.97 Å². The van der Waals surface area contributed by atoms with Gasteiger partial charge in [0, 0.05) is 5.56 Å². The third-order valence-electron chi connectivity index (χ3n) is 3.64. The fraction of sp³-hybridized carbons (Fsp3) is 0.400. The van der Waals surface area contributed by atoms with Gasteiger partial charge in [0.1, 0.15) is 11.8 Å². The number of carboxylic acids is 1. The largest absolute Gasteiger partial charge is 0.482 e. The van der Waals surface area contributed by atoms with E-state index in [9.17, 15) is 19.5 Å². The summed E-state index contributed by atoms with van der Waals surface area (Å²) < 4.78 is 5.24. The molecule has 0 saturated heterocycles. The molecular weight excluding hydrogens is 288 g/mol. The Morgan fingerprint density at radius 2 is 2.18 bits per heavy atom. The van der Waals surface area contributed by atoms with Crippen LogP contribution in [0.4, 0.5) is 5.69 Å². The van der Waals surface area contributed by atoms with Crippen molar-refractivity contribution in [1.82, 2.24) is 5.32 Å². The lowest BCUT2D eigenvalue weighted by atomic mass is 9.99. The van der Waals surface area contributed by atoms with Crippen LogP contribution in [-0.4, -0.2) is 35.5 Å². The number of aliphatic carboxylic acids is 1. The SMILES string of the molecule is CCC(C)C(NC(=O)c1ccc2c(c1)OCC(=O)N2)C(=O)O. The van der Waals surface area contributed by atoms with Crippen molar-refractivity contribution in [3.05, 3.63) is 23.8 Å². The third kappa shape index (κ3) is 3.36. The second kappa shape index (κ2) is 6.46. The molecule has 2 unspecified atom stereocenters. The number of carbonyl (C=O) groups is 3. The van der Waals surface area contributed by atoms with E-state index in [0.29, 0.717) is 17.9 Å². The summed E-state index contributed by atoms with van der Waals surface area (Å²) in [6.45, 7) is 3.52. The fourth-order valence-electron chi connectivity index (χ4n) is 2.12. The van der Waals surface area contributed by atoms with Crippen LogP contribution in [0.3, 0.4) is 0 Å². The van der Waals surface area contributed by atoms with Crippen molar-refractivity contribution in [2.24, 2.45) is 5.92 Å². The Bertz CT molecular complexity index is 614. The molecule has 0 spiro atoms. The summed E-state index contributed by atoms with van der Waals surface area (Å²) in [5.41, 5.74) is 0.772. The maximum atomic E-state index is 12.2. The Labute approximate surface area is 127 Å². The van der Waals surface area contributed by atoms with Crippen LogP contribution in [0.15, 0.2) is 18.2 Å². The summed E-state index contributed by atoms with van der Waals surface area (Å²) >= 11 is 0. The van der Waals surface area contributed by atoms with E-state index in [0.717, 1.165) is 0 Å². The van der Waals surface area contributed by atoms with Gasteiger partial charge in [0.2, 0.25) is 0 Å². The molecular formula is C15H18N2O5. The van der Waals surface area contributed by atoms with Gasteiger partial charge in [-0.3, -0.25) is 9.59 Å². The van der Waals surface area contributed by atoms with E-state index >= 15 is 0 Å². The first-order chi connectivity index (χ1) is 10.4. The Hall–Kier alpha value is -2.57. The highest BCUT2D eigenvalue weighted by Gasteiger charge is 2.26. The van der Waals surface area contributed by atoms with Crippen molar-refractivity contribution in [3.63, 3.8) is 0 Å². The minimum absolute atomic E-state index is 0.108. The quantitative estimate of drug-likeness (QED) is 0.759. The number of ether oxygens (including phenoxy) is 1. The third-order valence-corrected chi connectivity index (χ3v) is 3.64. The molecule has 3 N–H and O–H groups in total. The Kier molecular flexibility index (Phi) is 4.65. The van der Waals surface area contributed by atoms with E-state index in [1.54, 1.807) is 13.0 Å². The van der Waals surface area contributed by atoms with Crippen molar-refractivity contribution >= 4 is 23.5 Å². The number of hydrogen-bond acceptors (Lipinski definition) is 4. The van der Waals surface area contributed by atoms with E-state index in [4.69, 9.17) is 4.74 Å². The standard InChI is InChI=1S/C15H18N2O5/c1-3-8(2)13(15(20)21)17-14(19)9-4-5-10-11(6-9)22-7-12(18)16-10/h4-6,8,13H,3,7H2,1-2H3,(H,16,18)(H,17,19)(H,20,21). The molecule has 0 saturated carbocycles. The van der Waals surface area contributed by atoms with Gasteiger partial charge in [-0.25, -0.2) is 4.79 Å². The summed E-state index contributed by atoms with van der Waals surface area (Å²) in [7, 11) is 0. The average Bonchev–Trinajstić information content (AvgIpc) is 2.50. The normalized spacial score (nSPS) is 15.8. The molecule has 0 fully saturated rings. The molecule has 1 aliphatic heterocycles. The van der Waals surface area contributed by atoms with Crippen LogP contribution in [0.5, 0.6) is 5.75 Å². The van der Waals surface area contributed by atoms with Crippen LogP contribution in [0.2, 0.25) is 0 Å². The maximum absolute atomic E-state index is 12.2. The van der Waals surface area contributed by atoms with E-state index in [-0.39, 0.29) is 24.0 Å². The average molecular weight is 306 g/mol. The van der Waals surface area contributed by atoms with E-state index in [2.05, 4.69) is 10.6 Å². The topological polar surface area (TPSA) is 105 Å². The zero-order valence-corrected chi connectivity index (χ0v) is 12.4. The zero-order valence-electron chi connectivity index (χ0n) is 12.4. The molecule has 118 valence electrons. The molecule has 2 amide bonds. The number of benzene rings is 1. The monoisotopic (exact) mass is 306 g/mol. The molecule has 0 bridgehead atoms. The van der Waals surface area contributed by atoms with Gasteiger partial charge in [-0.05, 0) is 24.1 Å². The number of anilines is 1. The smallest absolute Gasteiger partial charge is 0.326 e. The Morgan fingerprint density at radius 3 is 2.82 bits per heavy atom. The lowest BCUT2D eigenvalue weighted by Gasteiger charge is -2.21. The van der Waals surface area contributed by atoms with Gasteiger partial charge < -0.3 is 20.5 Å². The summed E-state index contributed by atoms with van der Waals surface area (Å²) in [6, 6.07) is 3.60. The molecule has 0 radical (unpaired) electrons. The first-order valence-corrected chi connectivity index (χ1v) is 7.02. The molecule has 0 aliphatic carbocycles. The molecule has 1 heterocycles. The first-order valence-electron chi connectivity index (χ1n) is 7.02. The van der Waals surface area contributed by atoms with Crippen molar-refractivity contribution in [3.8, 4) is 5.75 Å². The van der Waals surface area contributed by atoms with Crippen LogP contribution in [0.1, 0.15) is 30.6 Å². The van der Waals surface area contributed by atoms with Crippen molar-refractivity contribution < 1.29 is 24.2 Å². The predicted octanol–water partition coefficient (Wildman–Crippen LogP) is 1.25. The van der Waals surface area contributed by atoms with Gasteiger partial charge in [-0.1, -0.05) is 20.3 Å². The summed E-state index contributed by atoms with van der Waals surface area (Å²) in [5.74, 6) is -1.61. The second-order valence-corrected chi connectivity index (χ2v) is 5.22. The van der Waals surface area contributed by atoms with Crippen molar-refractivity contribution in [1.29, 1.82) is 0 Å². The Balaban J connectivity index is 2.16. The maximum Gasteiger partial charge on any atom is 0.326 e. The lowest BCUT2D eigenvalue weighted by molar-refractivity contribution is -0.140. The summed E-state index contributed by atoms with van der Waals surface area (Å²) in [6.07, 6.45) is 0.635. The van der Waals surface area contributed by atoms with E-state index < -0.39 is 17.9 Å². The molecule has 7 nitrogen and oxygen atoms in total. The minimum atomic E-state index is -1.07. The fourth-order valence-corrected chi connectivity index (χ4v) is 2.12. The number of hydrogen-bond donors (Lipinski definition) is 3. The number of carbonyl (C=O) groups excluding carboxylic acids is 2. The highest BCUT2D eigenvalue weighted by Crippen LogP contribution is 2.28. The highest BCUT2D eigenvalue weighted by molar-refractivity contribution is 6.00. The van der Waals surface area contributed by atoms with Crippen LogP contribution >= 0.6 is 0 Å². The van der Waals surface area contributed by atoms with Crippen molar-refractivity contribution in [2.45, 2.75) is 26.3 Å². The molecule has 1 aromatic rings. The molecule has 7 heteroatoms. The number of amides is 2. The molecule has 1 aromatic carbocycles. The van der Waals surface area contributed by atoms with Gasteiger partial charge in [0.25, 0.3) is 11.8 Å². The molecule has 0 aromatic heterocycles. The number of carboxylic acid groups (broad SMARTS) is 1. The summed E-state index contributed by atoms with van der Waals surface area (Å²) in [5, 5.41) is 14.3. The van der Waals surface area contributed by atoms with Gasteiger partial charge in [0.05, 0.1) is 5.69 Å². The zero-order chi connectivity index (χ0) is 16.3. The number of nitrogens with one attached hydrogen (secondary N) is 2. The van der Waals surface area contributed by atoms with Crippen LogP contribution in [0.25, 0.3) is 0 Å². The molecule has 1 aliphatic rings. The predicted molar refractivity (Wildman–Crippen MR) is 78.9 cm³/mol. The molecule has 22 heavy (non-hydrogen) atoms. The number of rotatable bonds is 5. The number of fused-ring (bicyclic) bond motifs is 1. The van der Waals surface area contributed by atoms with Crippen LogP contribution in [-0.2, 0) is 9.59 Å². The van der Waals surface area contributed by atoms with E-state index in [1.807, 2.05) is 6.92 Å². The molecule has 2 rings (SSSR count). The lowest BCUT2D eigenvalue weighted by Crippen LogP contribution is -2.45.